The molecule has 1 aromatic rings. The number of nitrogens with zero attached hydrogens (tertiary/aromatic N) is 1. The van der Waals surface area contributed by atoms with E-state index in [1.54, 1.807) is 11.3 Å². The molecule has 3 nitrogen and oxygen atoms in total. The topological polar surface area (TPSA) is 34.2 Å². The highest BCUT2D eigenvalue weighted by Crippen LogP contribution is 2.36. The summed E-state index contributed by atoms with van der Waals surface area (Å²) in [6.45, 7) is 2.05. The van der Waals surface area contributed by atoms with Crippen LogP contribution in [0, 0.1) is 6.92 Å². The van der Waals surface area contributed by atoms with E-state index in [1.807, 2.05) is 14.2 Å². The standard InChI is InChI=1S/C13H22N2OS/c1-10-9-17-12(15-10)8-11(14-2)13(16-3)6-4-5-7-13/h9,11,14H,4-8H2,1-3H3. The fourth-order valence-corrected chi connectivity index (χ4v) is 3.71. The van der Waals surface area contributed by atoms with Gasteiger partial charge in [0.1, 0.15) is 0 Å². The SMILES string of the molecule is CNC(Cc1nc(C)cs1)C1(OC)CCCC1. The Kier molecular flexibility index (Phi) is 4.17. The third kappa shape index (κ3) is 2.69. The number of hydrogen-bond donors (Lipinski definition) is 1. The van der Waals surface area contributed by atoms with Crippen LogP contribution in [0.3, 0.4) is 0 Å². The van der Waals surface area contributed by atoms with Crippen LogP contribution in [0.1, 0.15) is 36.4 Å². The maximum atomic E-state index is 5.85. The maximum absolute atomic E-state index is 5.85. The molecule has 0 saturated heterocycles. The van der Waals surface area contributed by atoms with E-state index >= 15 is 0 Å². The number of rotatable bonds is 5. The van der Waals surface area contributed by atoms with E-state index in [2.05, 4.69) is 22.6 Å². The Morgan fingerprint density at radius 3 is 2.71 bits per heavy atom. The lowest BCUT2D eigenvalue weighted by Crippen LogP contribution is -2.50. The number of likely N-dealkylation sites (N-methyl/N-ethyl adjacent to an activating group) is 1. The molecular formula is C13H22N2OS. The van der Waals surface area contributed by atoms with Crippen molar-refractivity contribution >= 4 is 11.3 Å². The first-order chi connectivity index (χ1) is 8.20. The molecule has 96 valence electrons. The van der Waals surface area contributed by atoms with Crippen LogP contribution >= 0.6 is 11.3 Å². The minimum atomic E-state index is 0.0221. The first-order valence-corrected chi connectivity index (χ1v) is 7.21. The van der Waals surface area contributed by atoms with E-state index < -0.39 is 0 Å². The molecule has 2 rings (SSSR count). The molecule has 0 aliphatic heterocycles. The van der Waals surface area contributed by atoms with Crippen LogP contribution in [-0.4, -0.2) is 30.8 Å². The van der Waals surface area contributed by atoms with Crippen LogP contribution in [-0.2, 0) is 11.2 Å². The zero-order valence-corrected chi connectivity index (χ0v) is 11.8. The molecule has 1 unspecified atom stereocenters. The average Bonchev–Trinajstić information content (AvgIpc) is 2.95. The normalized spacial score (nSPS) is 20.6. The molecule has 1 N–H and O–H groups in total. The summed E-state index contributed by atoms with van der Waals surface area (Å²) < 4.78 is 5.85. The second kappa shape index (κ2) is 5.46. The molecule has 0 amide bonds. The number of hydrogen-bond acceptors (Lipinski definition) is 4. The smallest absolute Gasteiger partial charge is 0.0944 e. The van der Waals surface area contributed by atoms with Crippen LogP contribution in [0.15, 0.2) is 5.38 Å². The third-order valence-electron chi connectivity index (χ3n) is 3.89. The molecule has 1 aliphatic carbocycles. The van der Waals surface area contributed by atoms with Gasteiger partial charge in [0.25, 0.3) is 0 Å². The average molecular weight is 254 g/mol. The lowest BCUT2D eigenvalue weighted by molar-refractivity contribution is -0.0336. The first-order valence-electron chi connectivity index (χ1n) is 6.33. The first kappa shape index (κ1) is 13.0. The third-order valence-corrected chi connectivity index (χ3v) is 4.87. The van der Waals surface area contributed by atoms with Crippen molar-refractivity contribution in [3.05, 3.63) is 16.1 Å². The lowest BCUT2D eigenvalue weighted by Gasteiger charge is -2.36. The number of methoxy groups -OCH3 is 1. The molecule has 1 aliphatic rings. The van der Waals surface area contributed by atoms with Gasteiger partial charge in [-0.3, -0.25) is 0 Å². The van der Waals surface area contributed by atoms with E-state index in [9.17, 15) is 0 Å². The van der Waals surface area contributed by atoms with Gasteiger partial charge in [-0.05, 0) is 26.8 Å². The molecule has 0 aromatic carbocycles. The highest BCUT2D eigenvalue weighted by molar-refractivity contribution is 7.09. The Labute approximate surface area is 108 Å². The molecule has 17 heavy (non-hydrogen) atoms. The zero-order valence-electron chi connectivity index (χ0n) is 11.0. The van der Waals surface area contributed by atoms with E-state index in [0.29, 0.717) is 6.04 Å². The zero-order chi connectivity index (χ0) is 12.3. The highest BCUT2D eigenvalue weighted by Gasteiger charge is 2.41. The van der Waals surface area contributed by atoms with Crippen molar-refractivity contribution in [2.45, 2.75) is 50.7 Å². The summed E-state index contributed by atoms with van der Waals surface area (Å²) in [4.78, 5) is 4.56. The summed E-state index contributed by atoms with van der Waals surface area (Å²) in [5.74, 6) is 0. The number of aromatic nitrogens is 1. The van der Waals surface area contributed by atoms with Gasteiger partial charge in [0.15, 0.2) is 0 Å². The van der Waals surface area contributed by atoms with Gasteiger partial charge in [-0.1, -0.05) is 12.8 Å². The molecule has 1 saturated carbocycles. The van der Waals surface area contributed by atoms with E-state index in [4.69, 9.17) is 4.74 Å². The molecule has 0 spiro atoms. The molecule has 1 heterocycles. The van der Waals surface area contributed by atoms with Gasteiger partial charge in [-0.25, -0.2) is 4.98 Å². The fourth-order valence-electron chi connectivity index (χ4n) is 2.89. The van der Waals surface area contributed by atoms with Gasteiger partial charge in [0, 0.05) is 30.6 Å². The largest absolute Gasteiger partial charge is 0.377 e. The Balaban J connectivity index is 2.10. The van der Waals surface area contributed by atoms with Gasteiger partial charge in [0.2, 0.25) is 0 Å². The van der Waals surface area contributed by atoms with Crippen LogP contribution in [0.2, 0.25) is 0 Å². The van der Waals surface area contributed by atoms with Crippen LogP contribution in [0.4, 0.5) is 0 Å². The number of nitrogens with one attached hydrogen (secondary N) is 1. The van der Waals surface area contributed by atoms with Crippen molar-refractivity contribution in [1.82, 2.24) is 10.3 Å². The predicted molar refractivity (Wildman–Crippen MR) is 71.6 cm³/mol. The summed E-state index contributed by atoms with van der Waals surface area (Å²) in [5, 5.41) is 6.77. The van der Waals surface area contributed by atoms with Gasteiger partial charge >= 0.3 is 0 Å². The summed E-state index contributed by atoms with van der Waals surface area (Å²) in [7, 11) is 3.88. The van der Waals surface area contributed by atoms with Crippen LogP contribution < -0.4 is 5.32 Å². The molecular weight excluding hydrogens is 232 g/mol. The number of ether oxygens (including phenoxy) is 1. The van der Waals surface area contributed by atoms with Gasteiger partial charge in [-0.15, -0.1) is 11.3 Å². The molecule has 1 fully saturated rings. The van der Waals surface area contributed by atoms with Crippen molar-refractivity contribution in [1.29, 1.82) is 0 Å². The van der Waals surface area contributed by atoms with Crippen molar-refractivity contribution in [3.8, 4) is 0 Å². The monoisotopic (exact) mass is 254 g/mol. The van der Waals surface area contributed by atoms with E-state index in [0.717, 1.165) is 12.1 Å². The van der Waals surface area contributed by atoms with Crippen molar-refractivity contribution < 1.29 is 4.74 Å². The molecule has 0 radical (unpaired) electrons. The maximum Gasteiger partial charge on any atom is 0.0944 e. The van der Waals surface area contributed by atoms with Crippen LogP contribution in [0.5, 0.6) is 0 Å². The van der Waals surface area contributed by atoms with E-state index in [-0.39, 0.29) is 5.60 Å². The molecule has 4 heteroatoms. The minimum absolute atomic E-state index is 0.0221. The number of thiazole rings is 1. The lowest BCUT2D eigenvalue weighted by atomic mass is 9.90. The molecule has 0 bridgehead atoms. The number of aryl methyl sites for hydroxylation is 1. The van der Waals surface area contributed by atoms with Crippen LogP contribution in [0.25, 0.3) is 0 Å². The van der Waals surface area contributed by atoms with Crippen molar-refractivity contribution in [2.24, 2.45) is 0 Å². The predicted octanol–water partition coefficient (Wildman–Crippen LogP) is 2.54. The quantitative estimate of drug-likeness (QED) is 0.877. The van der Waals surface area contributed by atoms with Crippen molar-refractivity contribution in [3.63, 3.8) is 0 Å². The summed E-state index contributed by atoms with van der Waals surface area (Å²) in [6, 6.07) is 0.376. The summed E-state index contributed by atoms with van der Waals surface area (Å²) in [6.07, 6.45) is 5.87. The Hall–Kier alpha value is -0.450. The van der Waals surface area contributed by atoms with Gasteiger partial charge in [0.05, 0.1) is 10.6 Å². The Bertz CT molecular complexity index is 358. The second-order valence-corrected chi connectivity index (χ2v) is 5.85. The Morgan fingerprint density at radius 1 is 1.53 bits per heavy atom. The Morgan fingerprint density at radius 2 is 2.24 bits per heavy atom. The molecule has 1 aromatic heterocycles. The van der Waals surface area contributed by atoms with Crippen molar-refractivity contribution in [2.75, 3.05) is 14.2 Å². The second-order valence-electron chi connectivity index (χ2n) is 4.90. The summed E-state index contributed by atoms with van der Waals surface area (Å²) in [5.41, 5.74) is 1.15. The van der Waals surface area contributed by atoms with E-state index in [1.165, 1.54) is 30.7 Å². The van der Waals surface area contributed by atoms with Gasteiger partial charge in [-0.2, -0.15) is 0 Å². The highest BCUT2D eigenvalue weighted by atomic mass is 32.1. The summed E-state index contributed by atoms with van der Waals surface area (Å²) >= 11 is 1.75. The fraction of sp³-hybridized carbons (Fsp3) is 0.769. The minimum Gasteiger partial charge on any atom is -0.377 e. The molecule has 1 atom stereocenters. The van der Waals surface area contributed by atoms with Gasteiger partial charge < -0.3 is 10.1 Å².